The topological polar surface area (TPSA) is 44.7 Å². The number of nitrogens with zero attached hydrogens (tertiary/aromatic N) is 2. The number of likely N-dealkylation sites (N-methyl/N-ethyl adjacent to an activating group) is 1. The summed E-state index contributed by atoms with van der Waals surface area (Å²) in [6.07, 6.45) is 0. The van der Waals surface area contributed by atoms with Gasteiger partial charge in [-0.25, -0.2) is 0 Å². The monoisotopic (exact) mass is 207 g/mol. The van der Waals surface area contributed by atoms with Gasteiger partial charge in [-0.2, -0.15) is 0 Å². The lowest BCUT2D eigenvalue weighted by atomic mass is 10.2. The normalized spacial score (nSPS) is 12.1. The van der Waals surface area contributed by atoms with Crippen LogP contribution in [-0.2, 0) is 6.54 Å². The van der Waals surface area contributed by atoms with Crippen molar-refractivity contribution in [2.75, 3.05) is 13.6 Å². The van der Waals surface area contributed by atoms with Crippen LogP contribution < -0.4 is 5.32 Å². The van der Waals surface area contributed by atoms with Gasteiger partial charge in [-0.15, -0.1) is 4.91 Å². The molecule has 0 saturated carbocycles. The quantitative estimate of drug-likeness (QED) is 0.571. The zero-order chi connectivity index (χ0) is 11.1. The Morgan fingerprint density at radius 1 is 1.40 bits per heavy atom. The molecule has 1 N–H and O–H groups in total. The smallest absolute Gasteiger partial charge is 0.0595 e. The van der Waals surface area contributed by atoms with E-state index in [-0.39, 0.29) is 6.04 Å². The maximum atomic E-state index is 10.2. The number of hydrogen-bond acceptors (Lipinski definition) is 3. The van der Waals surface area contributed by atoms with Gasteiger partial charge >= 0.3 is 0 Å². The van der Waals surface area contributed by atoms with Crippen molar-refractivity contribution < 1.29 is 0 Å². The van der Waals surface area contributed by atoms with Crippen LogP contribution >= 0.6 is 0 Å². The molecule has 0 aliphatic rings. The Kier molecular flexibility index (Phi) is 4.77. The Balaban J connectivity index is 2.25. The SMILES string of the molecule is CC(CNCc1ccccc1)N(C)N=O. The minimum absolute atomic E-state index is 0.117. The molecule has 0 heterocycles. The number of nitroso groups, excluding NO2 is 1. The number of rotatable bonds is 6. The van der Waals surface area contributed by atoms with E-state index in [1.807, 2.05) is 25.1 Å². The first-order valence-electron chi connectivity index (χ1n) is 5.04. The van der Waals surface area contributed by atoms with Crippen LogP contribution in [0.5, 0.6) is 0 Å². The van der Waals surface area contributed by atoms with E-state index in [0.29, 0.717) is 0 Å². The minimum Gasteiger partial charge on any atom is -0.311 e. The van der Waals surface area contributed by atoms with Crippen LogP contribution in [0.1, 0.15) is 12.5 Å². The molecule has 1 atom stereocenters. The fraction of sp³-hybridized carbons (Fsp3) is 0.455. The Bertz CT molecular complexity index is 289. The fourth-order valence-corrected chi connectivity index (χ4v) is 1.23. The van der Waals surface area contributed by atoms with Crippen LogP contribution in [0.2, 0.25) is 0 Å². The molecule has 1 aromatic rings. The zero-order valence-electron chi connectivity index (χ0n) is 9.18. The van der Waals surface area contributed by atoms with Gasteiger partial charge in [0.05, 0.1) is 11.3 Å². The molecule has 4 nitrogen and oxygen atoms in total. The molecule has 0 radical (unpaired) electrons. The summed E-state index contributed by atoms with van der Waals surface area (Å²) in [6, 6.07) is 10.3. The van der Waals surface area contributed by atoms with Crippen molar-refractivity contribution in [2.24, 2.45) is 5.29 Å². The predicted octanol–water partition coefficient (Wildman–Crippen LogP) is 1.78. The highest BCUT2D eigenvalue weighted by Gasteiger charge is 2.06. The van der Waals surface area contributed by atoms with E-state index < -0.39 is 0 Å². The maximum Gasteiger partial charge on any atom is 0.0595 e. The molecule has 0 fully saturated rings. The van der Waals surface area contributed by atoms with Gasteiger partial charge < -0.3 is 5.32 Å². The van der Waals surface area contributed by atoms with Gasteiger partial charge in [0.2, 0.25) is 0 Å². The van der Waals surface area contributed by atoms with Crippen LogP contribution in [0.25, 0.3) is 0 Å². The summed E-state index contributed by atoms with van der Waals surface area (Å²) >= 11 is 0. The summed E-state index contributed by atoms with van der Waals surface area (Å²) in [5, 5.41) is 7.55. The lowest BCUT2D eigenvalue weighted by Crippen LogP contribution is -2.34. The summed E-state index contributed by atoms with van der Waals surface area (Å²) in [5.74, 6) is 0. The molecule has 0 spiro atoms. The predicted molar refractivity (Wildman–Crippen MR) is 61.2 cm³/mol. The summed E-state index contributed by atoms with van der Waals surface area (Å²) in [5.41, 5.74) is 1.24. The first kappa shape index (κ1) is 11.7. The van der Waals surface area contributed by atoms with E-state index >= 15 is 0 Å². The molecule has 0 amide bonds. The third-order valence-corrected chi connectivity index (χ3v) is 2.38. The van der Waals surface area contributed by atoms with Gasteiger partial charge in [0.1, 0.15) is 0 Å². The summed E-state index contributed by atoms with van der Waals surface area (Å²) in [6.45, 7) is 3.52. The molecular formula is C11H17N3O. The van der Waals surface area contributed by atoms with E-state index in [1.54, 1.807) is 7.05 Å². The second-order valence-corrected chi connectivity index (χ2v) is 3.62. The van der Waals surface area contributed by atoms with Gasteiger partial charge in [0, 0.05) is 20.1 Å². The molecule has 0 aliphatic heterocycles. The highest BCUT2D eigenvalue weighted by atomic mass is 16.3. The Hall–Kier alpha value is -1.42. The number of nitrogens with one attached hydrogen (secondary N) is 1. The number of hydrogen-bond donors (Lipinski definition) is 1. The van der Waals surface area contributed by atoms with Gasteiger partial charge in [0.15, 0.2) is 0 Å². The van der Waals surface area contributed by atoms with Crippen LogP contribution in [-0.4, -0.2) is 24.6 Å². The molecule has 82 valence electrons. The lowest BCUT2D eigenvalue weighted by Gasteiger charge is -2.18. The van der Waals surface area contributed by atoms with Gasteiger partial charge in [-0.05, 0) is 12.5 Å². The van der Waals surface area contributed by atoms with E-state index in [2.05, 4.69) is 22.7 Å². The average Bonchev–Trinajstić information content (AvgIpc) is 2.29. The summed E-state index contributed by atoms with van der Waals surface area (Å²) in [4.78, 5) is 10.2. The van der Waals surface area contributed by atoms with Crippen LogP contribution in [0.3, 0.4) is 0 Å². The van der Waals surface area contributed by atoms with Crippen LogP contribution in [0, 0.1) is 4.91 Å². The van der Waals surface area contributed by atoms with Crippen molar-refractivity contribution in [1.82, 2.24) is 10.3 Å². The summed E-state index contributed by atoms with van der Waals surface area (Å²) in [7, 11) is 1.68. The average molecular weight is 207 g/mol. The van der Waals surface area contributed by atoms with E-state index in [9.17, 15) is 4.91 Å². The molecule has 1 unspecified atom stereocenters. The maximum absolute atomic E-state index is 10.2. The third kappa shape index (κ3) is 4.08. The van der Waals surface area contributed by atoms with Crippen LogP contribution in [0.4, 0.5) is 0 Å². The molecule has 0 aliphatic carbocycles. The molecule has 1 aromatic carbocycles. The van der Waals surface area contributed by atoms with Crippen molar-refractivity contribution in [1.29, 1.82) is 0 Å². The lowest BCUT2D eigenvalue weighted by molar-refractivity contribution is 0.259. The largest absolute Gasteiger partial charge is 0.311 e. The van der Waals surface area contributed by atoms with E-state index in [4.69, 9.17) is 0 Å². The standard InChI is InChI=1S/C11H17N3O/c1-10(14(2)13-15)8-12-9-11-6-4-3-5-7-11/h3-7,10,12H,8-9H2,1-2H3. The van der Waals surface area contributed by atoms with Gasteiger partial charge in [-0.3, -0.25) is 5.01 Å². The molecule has 0 aromatic heterocycles. The van der Waals surface area contributed by atoms with Crippen molar-refractivity contribution >= 4 is 0 Å². The zero-order valence-corrected chi connectivity index (χ0v) is 9.18. The van der Waals surface area contributed by atoms with E-state index in [1.165, 1.54) is 10.6 Å². The molecule has 4 heteroatoms. The molecule has 0 saturated heterocycles. The van der Waals surface area contributed by atoms with Crippen molar-refractivity contribution in [3.63, 3.8) is 0 Å². The van der Waals surface area contributed by atoms with Gasteiger partial charge in [-0.1, -0.05) is 30.3 Å². The van der Waals surface area contributed by atoms with Crippen LogP contribution in [0.15, 0.2) is 35.6 Å². The first-order chi connectivity index (χ1) is 7.24. The van der Waals surface area contributed by atoms with Crippen molar-refractivity contribution in [3.05, 3.63) is 40.8 Å². The summed E-state index contributed by atoms with van der Waals surface area (Å²) < 4.78 is 0. The Morgan fingerprint density at radius 3 is 2.67 bits per heavy atom. The first-order valence-corrected chi connectivity index (χ1v) is 5.04. The highest BCUT2D eigenvalue weighted by molar-refractivity contribution is 5.14. The molecule has 0 bridgehead atoms. The highest BCUT2D eigenvalue weighted by Crippen LogP contribution is 1.98. The fourth-order valence-electron chi connectivity index (χ4n) is 1.23. The molecule has 1 rings (SSSR count). The van der Waals surface area contributed by atoms with Crippen molar-refractivity contribution in [3.8, 4) is 0 Å². The van der Waals surface area contributed by atoms with Gasteiger partial charge in [0.25, 0.3) is 0 Å². The second-order valence-electron chi connectivity index (χ2n) is 3.62. The minimum atomic E-state index is 0.117. The molecular weight excluding hydrogens is 190 g/mol. The van der Waals surface area contributed by atoms with Crippen molar-refractivity contribution in [2.45, 2.75) is 19.5 Å². The molecule has 15 heavy (non-hydrogen) atoms. The third-order valence-electron chi connectivity index (χ3n) is 2.38. The second kappa shape index (κ2) is 6.14. The number of benzene rings is 1. The Morgan fingerprint density at radius 2 is 2.07 bits per heavy atom. The Labute approximate surface area is 90.2 Å². The van der Waals surface area contributed by atoms with E-state index in [0.717, 1.165) is 13.1 Å².